The first-order chi connectivity index (χ1) is 9.28. The molecule has 3 heterocycles. The summed E-state index contributed by atoms with van der Waals surface area (Å²) in [6.07, 6.45) is 4.83. The lowest BCUT2D eigenvalue weighted by Crippen LogP contribution is -2.37. The van der Waals surface area contributed by atoms with E-state index in [2.05, 4.69) is 27.6 Å². The normalized spacial score (nSPS) is 20.1. The summed E-state index contributed by atoms with van der Waals surface area (Å²) in [5.74, 6) is 4.10. The first-order valence-electron chi connectivity index (χ1n) is 6.73. The largest absolute Gasteiger partial charge is 0.355 e. The number of hydrogen-bond donors (Lipinski definition) is 0. The highest BCUT2D eigenvalue weighted by Gasteiger charge is 2.22. The summed E-state index contributed by atoms with van der Waals surface area (Å²) in [5, 5.41) is 2.12. The Morgan fingerprint density at radius 1 is 1.47 bits per heavy atom. The molecule has 0 N–H and O–H groups in total. The molecule has 3 nitrogen and oxygen atoms in total. The summed E-state index contributed by atoms with van der Waals surface area (Å²) in [4.78, 5) is 11.7. The average molecular weight is 293 g/mol. The molecule has 2 aromatic rings. The molecular weight excluding hydrogens is 274 g/mol. The van der Waals surface area contributed by atoms with Crippen LogP contribution in [0.4, 0.5) is 5.82 Å². The lowest BCUT2D eigenvalue weighted by Gasteiger charge is -2.33. The quantitative estimate of drug-likeness (QED) is 0.865. The number of piperidine rings is 1. The monoisotopic (exact) mass is 293 g/mol. The number of aromatic nitrogens is 2. The molecule has 1 fully saturated rings. The Morgan fingerprint density at radius 3 is 3.21 bits per heavy atom. The Morgan fingerprint density at radius 2 is 2.37 bits per heavy atom. The van der Waals surface area contributed by atoms with Crippen molar-refractivity contribution in [3.05, 3.63) is 17.3 Å². The minimum absolute atomic E-state index is 0.800. The van der Waals surface area contributed by atoms with Crippen molar-refractivity contribution in [2.45, 2.75) is 19.8 Å². The van der Waals surface area contributed by atoms with E-state index in [9.17, 15) is 0 Å². The molecule has 0 aromatic carbocycles. The van der Waals surface area contributed by atoms with Crippen LogP contribution in [0.15, 0.2) is 11.4 Å². The number of thiophene rings is 1. The van der Waals surface area contributed by atoms with Crippen molar-refractivity contribution in [2.24, 2.45) is 5.92 Å². The van der Waals surface area contributed by atoms with Gasteiger partial charge in [0, 0.05) is 13.1 Å². The molecule has 1 saturated heterocycles. The molecule has 0 radical (unpaired) electrons. The maximum Gasteiger partial charge on any atom is 0.150 e. The first kappa shape index (κ1) is 13.2. The fraction of sp³-hybridized carbons (Fsp3) is 0.571. The van der Waals surface area contributed by atoms with Crippen molar-refractivity contribution in [1.29, 1.82) is 0 Å². The number of nitrogens with zero attached hydrogens (tertiary/aromatic N) is 3. The van der Waals surface area contributed by atoms with Gasteiger partial charge in [0.2, 0.25) is 0 Å². The van der Waals surface area contributed by atoms with Crippen LogP contribution in [-0.2, 0) is 0 Å². The number of fused-ring (bicyclic) bond motifs is 1. The van der Waals surface area contributed by atoms with Crippen LogP contribution in [0.1, 0.15) is 18.7 Å². The Bertz CT molecular complexity index is 565. The number of anilines is 1. The van der Waals surface area contributed by atoms with E-state index < -0.39 is 0 Å². The standard InChI is InChI=1S/C14H19N3S2/c1-10-15-12-5-7-19-13(12)14(16-10)17-6-3-4-11(8-17)9-18-2/h5,7,11H,3-4,6,8-9H2,1-2H3/t11-/m0/s1. The number of hydrogen-bond acceptors (Lipinski definition) is 5. The predicted molar refractivity (Wildman–Crippen MR) is 85.5 cm³/mol. The topological polar surface area (TPSA) is 29.0 Å². The van der Waals surface area contributed by atoms with Gasteiger partial charge in [-0.15, -0.1) is 11.3 Å². The summed E-state index contributed by atoms with van der Waals surface area (Å²) in [7, 11) is 0. The Kier molecular flexibility index (Phi) is 3.93. The number of thioether (sulfide) groups is 1. The zero-order valence-corrected chi connectivity index (χ0v) is 13.1. The lowest BCUT2D eigenvalue weighted by molar-refractivity contribution is 0.451. The highest BCUT2D eigenvalue weighted by molar-refractivity contribution is 7.98. The van der Waals surface area contributed by atoms with Crippen LogP contribution >= 0.6 is 23.1 Å². The molecule has 1 aliphatic rings. The number of rotatable bonds is 3. The molecule has 102 valence electrons. The summed E-state index contributed by atoms with van der Waals surface area (Å²) < 4.78 is 1.25. The fourth-order valence-electron chi connectivity index (χ4n) is 2.80. The highest BCUT2D eigenvalue weighted by atomic mass is 32.2. The van der Waals surface area contributed by atoms with E-state index in [0.29, 0.717) is 0 Å². The van der Waals surface area contributed by atoms with Crippen molar-refractivity contribution in [3.8, 4) is 0 Å². The van der Waals surface area contributed by atoms with Crippen LogP contribution in [0, 0.1) is 12.8 Å². The van der Waals surface area contributed by atoms with Crippen molar-refractivity contribution in [2.75, 3.05) is 30.0 Å². The smallest absolute Gasteiger partial charge is 0.150 e. The van der Waals surface area contributed by atoms with Gasteiger partial charge in [-0.2, -0.15) is 11.8 Å². The van der Waals surface area contributed by atoms with Crippen molar-refractivity contribution >= 4 is 39.1 Å². The molecule has 0 amide bonds. The van der Waals surface area contributed by atoms with Gasteiger partial charge in [-0.1, -0.05) is 0 Å². The fourth-order valence-corrected chi connectivity index (χ4v) is 4.40. The molecule has 0 bridgehead atoms. The average Bonchev–Trinajstić information content (AvgIpc) is 2.86. The third-order valence-electron chi connectivity index (χ3n) is 3.62. The van der Waals surface area contributed by atoms with Gasteiger partial charge >= 0.3 is 0 Å². The Balaban J connectivity index is 1.92. The van der Waals surface area contributed by atoms with Gasteiger partial charge in [0.05, 0.1) is 10.2 Å². The summed E-state index contributed by atoms with van der Waals surface area (Å²) in [6.45, 7) is 4.27. The minimum atomic E-state index is 0.800. The second-order valence-corrected chi connectivity index (χ2v) is 6.97. The van der Waals surface area contributed by atoms with Gasteiger partial charge in [0.1, 0.15) is 11.6 Å². The summed E-state index contributed by atoms with van der Waals surface area (Å²) in [6, 6.07) is 2.10. The van der Waals surface area contributed by atoms with Crippen LogP contribution in [0.5, 0.6) is 0 Å². The first-order valence-corrected chi connectivity index (χ1v) is 9.01. The SMILES string of the molecule is CSC[C@H]1CCCN(c2nc(C)nc3ccsc23)C1. The van der Waals surface area contributed by atoms with E-state index in [1.165, 1.54) is 23.3 Å². The van der Waals surface area contributed by atoms with E-state index in [4.69, 9.17) is 4.98 Å². The zero-order valence-electron chi connectivity index (χ0n) is 11.4. The van der Waals surface area contributed by atoms with Gasteiger partial charge in [-0.05, 0) is 49.1 Å². The van der Waals surface area contributed by atoms with E-state index >= 15 is 0 Å². The van der Waals surface area contributed by atoms with Crippen molar-refractivity contribution in [1.82, 2.24) is 9.97 Å². The molecule has 0 spiro atoms. The molecule has 1 aliphatic heterocycles. The maximum atomic E-state index is 4.71. The van der Waals surface area contributed by atoms with Gasteiger partial charge in [0.15, 0.2) is 0 Å². The second kappa shape index (κ2) is 5.67. The van der Waals surface area contributed by atoms with E-state index in [0.717, 1.165) is 36.2 Å². The van der Waals surface area contributed by atoms with Gasteiger partial charge in [-0.25, -0.2) is 9.97 Å². The van der Waals surface area contributed by atoms with Crippen molar-refractivity contribution < 1.29 is 0 Å². The van der Waals surface area contributed by atoms with Gasteiger partial charge in [0.25, 0.3) is 0 Å². The summed E-state index contributed by atoms with van der Waals surface area (Å²) in [5.41, 5.74) is 1.10. The summed E-state index contributed by atoms with van der Waals surface area (Å²) >= 11 is 3.72. The molecule has 5 heteroatoms. The Hall–Kier alpha value is -0.810. The molecule has 3 rings (SSSR count). The molecule has 0 saturated carbocycles. The molecule has 19 heavy (non-hydrogen) atoms. The highest BCUT2D eigenvalue weighted by Crippen LogP contribution is 2.32. The third-order valence-corrected chi connectivity index (χ3v) is 5.32. The van der Waals surface area contributed by atoms with E-state index in [1.807, 2.05) is 18.7 Å². The van der Waals surface area contributed by atoms with Crippen LogP contribution in [-0.4, -0.2) is 35.1 Å². The van der Waals surface area contributed by atoms with Crippen LogP contribution in [0.3, 0.4) is 0 Å². The Labute approximate surface area is 122 Å². The number of aryl methyl sites for hydroxylation is 1. The maximum absolute atomic E-state index is 4.71. The third kappa shape index (κ3) is 2.72. The van der Waals surface area contributed by atoms with Crippen LogP contribution in [0.25, 0.3) is 10.2 Å². The van der Waals surface area contributed by atoms with Gasteiger partial charge < -0.3 is 4.90 Å². The van der Waals surface area contributed by atoms with Crippen molar-refractivity contribution in [3.63, 3.8) is 0 Å². The van der Waals surface area contributed by atoms with Crippen LogP contribution in [0.2, 0.25) is 0 Å². The zero-order chi connectivity index (χ0) is 13.2. The second-order valence-electron chi connectivity index (χ2n) is 5.14. The molecule has 0 unspecified atom stereocenters. The molecule has 1 atom stereocenters. The molecule has 2 aromatic heterocycles. The molecular formula is C14H19N3S2. The molecule has 0 aliphatic carbocycles. The minimum Gasteiger partial charge on any atom is -0.355 e. The van der Waals surface area contributed by atoms with E-state index in [-0.39, 0.29) is 0 Å². The lowest BCUT2D eigenvalue weighted by atomic mass is 10.00. The predicted octanol–water partition coefficient (Wildman–Crippen LogP) is 3.58. The van der Waals surface area contributed by atoms with Crippen LogP contribution < -0.4 is 4.90 Å². The van der Waals surface area contributed by atoms with Gasteiger partial charge in [-0.3, -0.25) is 0 Å². The van der Waals surface area contributed by atoms with E-state index in [1.54, 1.807) is 11.3 Å².